The molecule has 0 spiro atoms. The molecule has 0 aromatic carbocycles. The van der Waals surface area contributed by atoms with Crippen LogP contribution in [-0.2, 0) is 18.8 Å². The minimum absolute atomic E-state index is 0.275. The van der Waals surface area contributed by atoms with Gasteiger partial charge in [-0.15, -0.1) is 0 Å². The van der Waals surface area contributed by atoms with E-state index in [9.17, 15) is 19.3 Å². The van der Waals surface area contributed by atoms with Gasteiger partial charge in [-0.1, -0.05) is 26.7 Å². The summed E-state index contributed by atoms with van der Waals surface area (Å²) in [5.41, 5.74) is 0. The summed E-state index contributed by atoms with van der Waals surface area (Å²) < 4.78 is 20.8. The molecule has 0 heterocycles. The van der Waals surface area contributed by atoms with Crippen LogP contribution in [0.25, 0.3) is 0 Å². The van der Waals surface area contributed by atoms with Crippen molar-refractivity contribution in [2.45, 2.75) is 71.8 Å². The lowest BCUT2D eigenvalue weighted by Crippen LogP contribution is -2.38. The second-order valence-electron chi connectivity index (χ2n) is 7.30. The van der Waals surface area contributed by atoms with Gasteiger partial charge in [0.05, 0.1) is 5.92 Å². The molecule has 3 N–H and O–H groups in total. The van der Waals surface area contributed by atoms with E-state index in [1.54, 1.807) is 13.8 Å². The molecule has 5 atom stereocenters. The highest BCUT2D eigenvalue weighted by molar-refractivity contribution is 7.38. The minimum Gasteiger partial charge on any atom is -0.425 e. The van der Waals surface area contributed by atoms with Crippen LogP contribution in [0.1, 0.15) is 59.3 Å². The largest absolute Gasteiger partial charge is 0.425 e. The van der Waals surface area contributed by atoms with Gasteiger partial charge in [0.25, 0.3) is 0 Å². The maximum absolute atomic E-state index is 11.7. The molecular formula is C17H32NO7P. The zero-order valence-corrected chi connectivity index (χ0v) is 16.8. The Hall–Kier alpha value is -1.11. The van der Waals surface area contributed by atoms with E-state index >= 15 is 0 Å². The molecule has 0 aromatic heterocycles. The van der Waals surface area contributed by atoms with E-state index < -0.39 is 32.6 Å². The number of aliphatic hydroxyl groups excluding tert-OH is 1. The maximum Gasteiger partial charge on any atom is 0.412 e. The van der Waals surface area contributed by atoms with Crippen LogP contribution in [0.3, 0.4) is 0 Å². The third-order valence-electron chi connectivity index (χ3n) is 4.51. The lowest BCUT2D eigenvalue weighted by Gasteiger charge is -2.29. The smallest absolute Gasteiger partial charge is 0.412 e. The van der Waals surface area contributed by atoms with Crippen LogP contribution in [0.15, 0.2) is 0 Å². The average Bonchev–Trinajstić information content (AvgIpc) is 2.52. The summed E-state index contributed by atoms with van der Waals surface area (Å²) >= 11 is 0. The number of carbonyl (C=O) groups is 2. The van der Waals surface area contributed by atoms with Gasteiger partial charge in [-0.25, -0.2) is 4.79 Å². The minimum atomic E-state index is -2.44. The molecule has 5 unspecified atom stereocenters. The summed E-state index contributed by atoms with van der Waals surface area (Å²) in [6, 6.07) is 0. The van der Waals surface area contributed by atoms with Crippen molar-refractivity contribution in [3.8, 4) is 0 Å². The molecule has 1 amide bonds. The number of esters is 1. The Labute approximate surface area is 155 Å². The monoisotopic (exact) mass is 393 g/mol. The summed E-state index contributed by atoms with van der Waals surface area (Å²) in [6.45, 7) is 4.78. The Morgan fingerprint density at radius 1 is 1.19 bits per heavy atom. The van der Waals surface area contributed by atoms with Gasteiger partial charge in [0, 0.05) is 13.1 Å². The molecule has 1 rings (SSSR count). The van der Waals surface area contributed by atoms with Gasteiger partial charge >= 0.3 is 12.1 Å². The predicted octanol–water partition coefficient (Wildman–Crippen LogP) is 2.63. The number of alkyl carbamates (subject to hydrolysis) is 1. The number of carbonyl (C=O) groups excluding carboxylic acids is 2. The van der Waals surface area contributed by atoms with Crippen molar-refractivity contribution in [3.63, 3.8) is 0 Å². The molecular weight excluding hydrogens is 361 g/mol. The molecule has 0 aromatic rings. The summed E-state index contributed by atoms with van der Waals surface area (Å²) in [5.74, 6) is -0.132. The molecule has 1 aliphatic carbocycles. The Bertz CT molecular complexity index is 486. The molecule has 1 saturated carbocycles. The normalized spacial score (nSPS) is 23.8. The molecule has 9 heteroatoms. The zero-order valence-electron chi connectivity index (χ0n) is 15.8. The average molecular weight is 393 g/mol. The highest BCUT2D eigenvalue weighted by atomic mass is 31.1. The quantitative estimate of drug-likeness (QED) is 0.313. The van der Waals surface area contributed by atoms with E-state index in [0.717, 1.165) is 32.1 Å². The fourth-order valence-electron chi connectivity index (χ4n) is 3.21. The molecule has 1 aliphatic rings. The highest BCUT2D eigenvalue weighted by Crippen LogP contribution is 2.35. The molecule has 0 bridgehead atoms. The van der Waals surface area contributed by atoms with Gasteiger partial charge in [0.2, 0.25) is 6.29 Å². The first-order chi connectivity index (χ1) is 12.2. The van der Waals surface area contributed by atoms with E-state index in [1.807, 2.05) is 0 Å². The van der Waals surface area contributed by atoms with Crippen LogP contribution < -0.4 is 5.32 Å². The van der Waals surface area contributed by atoms with Gasteiger partial charge in [0.15, 0.2) is 8.03 Å². The lowest BCUT2D eigenvalue weighted by atomic mass is 9.80. The number of nitrogens with one attached hydrogen (secondary N) is 1. The first-order valence-corrected chi connectivity index (χ1v) is 10.8. The lowest BCUT2D eigenvalue weighted by molar-refractivity contribution is -0.168. The van der Waals surface area contributed by atoms with Crippen LogP contribution in [0, 0.1) is 17.8 Å². The fraction of sp³-hybridized carbons (Fsp3) is 0.882. The van der Waals surface area contributed by atoms with E-state index in [4.69, 9.17) is 14.4 Å². The Kier molecular flexibility index (Phi) is 10.2. The molecule has 0 saturated heterocycles. The number of hydrogen-bond donors (Lipinski definition) is 3. The van der Waals surface area contributed by atoms with E-state index in [-0.39, 0.29) is 11.8 Å². The summed E-state index contributed by atoms with van der Waals surface area (Å²) in [6.07, 6.45) is 2.47. The number of rotatable bonds is 9. The summed E-state index contributed by atoms with van der Waals surface area (Å²) in [5, 5.41) is 12.3. The van der Waals surface area contributed by atoms with Crippen LogP contribution in [0.4, 0.5) is 4.79 Å². The SMILES string of the molecule is CC(OC(=O)NC(O)CCC1CCCC(C[PH](=O)O)C1)OC(=O)C(C)C. The Morgan fingerprint density at radius 2 is 1.85 bits per heavy atom. The van der Waals surface area contributed by atoms with Crippen LogP contribution in [0.5, 0.6) is 0 Å². The third-order valence-corrected chi connectivity index (χ3v) is 5.44. The second kappa shape index (κ2) is 11.6. The molecule has 26 heavy (non-hydrogen) atoms. The van der Waals surface area contributed by atoms with E-state index in [0.29, 0.717) is 18.5 Å². The van der Waals surface area contributed by atoms with Crippen LogP contribution in [0.2, 0.25) is 0 Å². The van der Waals surface area contributed by atoms with Crippen molar-refractivity contribution in [3.05, 3.63) is 0 Å². The van der Waals surface area contributed by atoms with Gasteiger partial charge in [-0.05, 0) is 37.5 Å². The highest BCUT2D eigenvalue weighted by Gasteiger charge is 2.24. The second-order valence-corrected chi connectivity index (χ2v) is 8.49. The molecule has 0 aliphatic heterocycles. The van der Waals surface area contributed by atoms with Crippen molar-refractivity contribution in [2.75, 3.05) is 6.16 Å². The summed E-state index contributed by atoms with van der Waals surface area (Å²) in [7, 11) is -2.44. The van der Waals surface area contributed by atoms with Crippen LogP contribution >= 0.6 is 8.03 Å². The van der Waals surface area contributed by atoms with E-state index in [2.05, 4.69) is 5.32 Å². The fourth-order valence-corrected chi connectivity index (χ4v) is 4.07. The predicted molar refractivity (Wildman–Crippen MR) is 96.8 cm³/mol. The maximum atomic E-state index is 11.7. The van der Waals surface area contributed by atoms with Crippen molar-refractivity contribution in [1.82, 2.24) is 5.32 Å². The number of ether oxygens (including phenoxy) is 2. The summed E-state index contributed by atoms with van der Waals surface area (Å²) in [4.78, 5) is 32.2. The van der Waals surface area contributed by atoms with Crippen molar-refractivity contribution in [1.29, 1.82) is 0 Å². The third kappa shape index (κ3) is 9.55. The Morgan fingerprint density at radius 3 is 2.46 bits per heavy atom. The van der Waals surface area contributed by atoms with Crippen molar-refractivity contribution < 1.29 is 33.6 Å². The van der Waals surface area contributed by atoms with Crippen molar-refractivity contribution >= 4 is 20.1 Å². The van der Waals surface area contributed by atoms with Gasteiger partial charge in [0.1, 0.15) is 6.23 Å². The standard InChI is InChI=1S/C17H32NO7P/c1-11(2)16(20)24-12(3)25-17(21)18-15(19)8-7-13-5-4-6-14(9-13)10-26(22)23/h11-15,19,26H,4-10H2,1-3H3,(H,18,21)(H,22,23). The van der Waals surface area contributed by atoms with Crippen LogP contribution in [-0.4, -0.2) is 40.7 Å². The van der Waals surface area contributed by atoms with Crippen molar-refractivity contribution in [2.24, 2.45) is 17.8 Å². The number of hydrogen-bond acceptors (Lipinski definition) is 6. The first-order valence-electron chi connectivity index (χ1n) is 9.24. The molecule has 1 fully saturated rings. The Balaban J connectivity index is 2.26. The number of amides is 1. The molecule has 152 valence electrons. The molecule has 0 radical (unpaired) electrons. The topological polar surface area (TPSA) is 122 Å². The number of aliphatic hydroxyl groups is 1. The molecule has 8 nitrogen and oxygen atoms in total. The first kappa shape index (κ1) is 22.9. The zero-order chi connectivity index (χ0) is 19.7. The van der Waals surface area contributed by atoms with Gasteiger partial charge in [-0.2, -0.15) is 0 Å². The van der Waals surface area contributed by atoms with Gasteiger partial charge in [-0.3, -0.25) is 14.7 Å². The van der Waals surface area contributed by atoms with Gasteiger partial charge < -0.3 is 19.5 Å². The van der Waals surface area contributed by atoms with E-state index in [1.165, 1.54) is 6.92 Å².